The first kappa shape index (κ1) is 12.6. The van der Waals surface area contributed by atoms with Gasteiger partial charge in [0.25, 0.3) is 5.91 Å². The van der Waals surface area contributed by atoms with E-state index in [9.17, 15) is 4.79 Å². The number of hydrogen-bond acceptors (Lipinski definition) is 2. The van der Waals surface area contributed by atoms with Crippen molar-refractivity contribution in [3.8, 4) is 0 Å². The normalized spacial score (nSPS) is 14.3. The van der Waals surface area contributed by atoms with E-state index in [0.717, 1.165) is 30.6 Å². The third kappa shape index (κ3) is 2.62. The Balaban J connectivity index is 1.80. The van der Waals surface area contributed by atoms with Crippen LogP contribution in [0.1, 0.15) is 17.5 Å². The fourth-order valence-electron chi connectivity index (χ4n) is 2.49. The second-order valence-corrected chi connectivity index (χ2v) is 4.84. The van der Waals surface area contributed by atoms with Crippen molar-refractivity contribution in [2.45, 2.75) is 12.8 Å². The summed E-state index contributed by atoms with van der Waals surface area (Å²) in [6.07, 6.45) is 8.97. The smallest absolute Gasteiger partial charge is 0.250 e. The number of hydrogen-bond donors (Lipinski definition) is 0. The molecule has 0 radical (unpaired) electrons. The molecule has 0 unspecified atom stereocenters. The molecule has 20 heavy (non-hydrogen) atoms. The number of aryl methyl sites for hydroxylation is 1. The summed E-state index contributed by atoms with van der Waals surface area (Å²) in [5.41, 5.74) is 3.23. The summed E-state index contributed by atoms with van der Waals surface area (Å²) in [6.45, 7) is 0.785. The number of anilines is 1. The zero-order valence-electron chi connectivity index (χ0n) is 11.2. The molecule has 0 atom stereocenters. The summed E-state index contributed by atoms with van der Waals surface area (Å²) < 4.78 is 0. The number of aromatic nitrogens is 1. The molecule has 0 saturated heterocycles. The fourth-order valence-corrected chi connectivity index (χ4v) is 2.49. The van der Waals surface area contributed by atoms with Crippen LogP contribution in [-0.2, 0) is 11.2 Å². The standard InChI is InChI=1S/C17H16N2O/c20-17(10-9-14-5-3-11-18-13-14)19-12-4-7-15-6-1-2-8-16(15)19/h1-3,5-6,8-11,13H,4,7,12H2. The van der Waals surface area contributed by atoms with Gasteiger partial charge in [0.05, 0.1) is 0 Å². The van der Waals surface area contributed by atoms with Crippen LogP contribution in [0.2, 0.25) is 0 Å². The molecule has 1 aliphatic rings. The maximum Gasteiger partial charge on any atom is 0.250 e. The average molecular weight is 264 g/mol. The number of carbonyl (C=O) groups excluding carboxylic acids is 1. The summed E-state index contributed by atoms with van der Waals surface area (Å²) in [5.74, 6) is 0.0287. The summed E-state index contributed by atoms with van der Waals surface area (Å²) >= 11 is 0. The molecular weight excluding hydrogens is 248 g/mol. The molecule has 1 aliphatic heterocycles. The minimum absolute atomic E-state index is 0.0287. The third-order valence-corrected chi connectivity index (χ3v) is 3.48. The first-order valence-electron chi connectivity index (χ1n) is 6.82. The minimum atomic E-state index is 0.0287. The maximum absolute atomic E-state index is 12.4. The van der Waals surface area contributed by atoms with Crippen molar-refractivity contribution in [1.29, 1.82) is 0 Å². The van der Waals surface area contributed by atoms with Gasteiger partial charge in [-0.25, -0.2) is 0 Å². The number of pyridine rings is 1. The minimum Gasteiger partial charge on any atom is -0.309 e. The van der Waals surface area contributed by atoms with Crippen LogP contribution in [0.25, 0.3) is 6.08 Å². The largest absolute Gasteiger partial charge is 0.309 e. The molecule has 1 aromatic carbocycles. The number of nitrogens with zero attached hydrogens (tertiary/aromatic N) is 2. The molecule has 1 amide bonds. The van der Waals surface area contributed by atoms with Gasteiger partial charge >= 0.3 is 0 Å². The lowest BCUT2D eigenvalue weighted by atomic mass is 10.0. The van der Waals surface area contributed by atoms with E-state index in [2.05, 4.69) is 11.1 Å². The molecule has 0 spiro atoms. The lowest BCUT2D eigenvalue weighted by Crippen LogP contribution is -2.34. The molecule has 3 heteroatoms. The van der Waals surface area contributed by atoms with Crippen LogP contribution in [0.15, 0.2) is 54.9 Å². The zero-order chi connectivity index (χ0) is 13.8. The quantitative estimate of drug-likeness (QED) is 0.781. The van der Waals surface area contributed by atoms with Crippen LogP contribution in [-0.4, -0.2) is 17.4 Å². The van der Waals surface area contributed by atoms with Gasteiger partial charge in [0.2, 0.25) is 0 Å². The molecule has 100 valence electrons. The lowest BCUT2D eigenvalue weighted by Gasteiger charge is -2.28. The number of rotatable bonds is 2. The lowest BCUT2D eigenvalue weighted by molar-refractivity contribution is -0.114. The van der Waals surface area contributed by atoms with Crippen LogP contribution in [0.4, 0.5) is 5.69 Å². The first-order valence-corrected chi connectivity index (χ1v) is 6.82. The van der Waals surface area contributed by atoms with Gasteiger partial charge in [-0.15, -0.1) is 0 Å². The number of benzene rings is 1. The highest BCUT2D eigenvalue weighted by atomic mass is 16.2. The van der Waals surface area contributed by atoms with Gasteiger partial charge in [-0.2, -0.15) is 0 Å². The van der Waals surface area contributed by atoms with E-state index < -0.39 is 0 Å². The van der Waals surface area contributed by atoms with Crippen molar-refractivity contribution in [2.75, 3.05) is 11.4 Å². The van der Waals surface area contributed by atoms with Crippen LogP contribution in [0.3, 0.4) is 0 Å². The fraction of sp³-hybridized carbons (Fsp3) is 0.176. The Hall–Kier alpha value is -2.42. The van der Waals surface area contributed by atoms with Crippen molar-refractivity contribution in [3.63, 3.8) is 0 Å². The number of fused-ring (bicyclic) bond motifs is 1. The molecule has 2 aromatic rings. The Morgan fingerprint density at radius 1 is 1.20 bits per heavy atom. The second-order valence-electron chi connectivity index (χ2n) is 4.84. The third-order valence-electron chi connectivity index (χ3n) is 3.48. The van der Waals surface area contributed by atoms with Gasteiger partial charge in [0, 0.05) is 30.7 Å². The Kier molecular flexibility index (Phi) is 3.59. The predicted molar refractivity (Wildman–Crippen MR) is 80.4 cm³/mol. The number of para-hydroxylation sites is 1. The molecule has 0 N–H and O–H groups in total. The molecule has 0 saturated carbocycles. The van der Waals surface area contributed by atoms with Crippen LogP contribution in [0.5, 0.6) is 0 Å². The Morgan fingerprint density at radius 2 is 2.10 bits per heavy atom. The molecule has 1 aromatic heterocycles. The van der Waals surface area contributed by atoms with Gasteiger partial charge in [-0.1, -0.05) is 24.3 Å². The Morgan fingerprint density at radius 3 is 2.95 bits per heavy atom. The summed E-state index contributed by atoms with van der Waals surface area (Å²) in [6, 6.07) is 11.9. The molecule has 3 nitrogen and oxygen atoms in total. The second kappa shape index (κ2) is 5.70. The van der Waals surface area contributed by atoms with Crippen molar-refractivity contribution in [2.24, 2.45) is 0 Å². The van der Waals surface area contributed by atoms with Gasteiger partial charge in [0.15, 0.2) is 0 Å². The highest BCUT2D eigenvalue weighted by Crippen LogP contribution is 2.26. The van der Waals surface area contributed by atoms with Crippen molar-refractivity contribution < 1.29 is 4.79 Å². The average Bonchev–Trinajstić information content (AvgIpc) is 2.53. The van der Waals surface area contributed by atoms with E-state index in [1.54, 1.807) is 18.5 Å². The molecule has 0 fully saturated rings. The van der Waals surface area contributed by atoms with Crippen molar-refractivity contribution in [3.05, 3.63) is 66.0 Å². The van der Waals surface area contributed by atoms with Crippen LogP contribution in [0, 0.1) is 0 Å². The van der Waals surface area contributed by atoms with Gasteiger partial charge in [0.1, 0.15) is 0 Å². The van der Waals surface area contributed by atoms with E-state index in [4.69, 9.17) is 0 Å². The summed E-state index contributed by atoms with van der Waals surface area (Å²) in [4.78, 5) is 18.2. The Labute approximate surface area is 118 Å². The molecule has 2 heterocycles. The van der Waals surface area contributed by atoms with E-state index in [1.165, 1.54) is 5.56 Å². The summed E-state index contributed by atoms with van der Waals surface area (Å²) in [5, 5.41) is 0. The monoisotopic (exact) mass is 264 g/mol. The number of carbonyl (C=O) groups is 1. The highest BCUT2D eigenvalue weighted by molar-refractivity contribution is 6.04. The van der Waals surface area contributed by atoms with E-state index >= 15 is 0 Å². The highest BCUT2D eigenvalue weighted by Gasteiger charge is 2.20. The topological polar surface area (TPSA) is 33.2 Å². The predicted octanol–water partition coefficient (Wildman–Crippen LogP) is 3.07. The summed E-state index contributed by atoms with van der Waals surface area (Å²) in [7, 11) is 0. The molecule has 3 rings (SSSR count). The van der Waals surface area contributed by atoms with Gasteiger partial charge < -0.3 is 4.90 Å². The van der Waals surface area contributed by atoms with Crippen molar-refractivity contribution in [1.82, 2.24) is 4.98 Å². The van der Waals surface area contributed by atoms with E-state index in [-0.39, 0.29) is 5.91 Å². The Bertz CT molecular complexity index is 634. The molecule has 0 bridgehead atoms. The van der Waals surface area contributed by atoms with Gasteiger partial charge in [-0.3, -0.25) is 9.78 Å². The van der Waals surface area contributed by atoms with Gasteiger partial charge in [-0.05, 0) is 42.2 Å². The number of amides is 1. The van der Waals surface area contributed by atoms with Crippen LogP contribution >= 0.6 is 0 Å². The van der Waals surface area contributed by atoms with E-state index in [0.29, 0.717) is 0 Å². The van der Waals surface area contributed by atoms with Crippen LogP contribution < -0.4 is 4.90 Å². The maximum atomic E-state index is 12.4. The SMILES string of the molecule is O=C(C=Cc1cccnc1)N1CCCc2ccccc21. The van der Waals surface area contributed by atoms with E-state index in [1.807, 2.05) is 41.3 Å². The first-order chi connectivity index (χ1) is 9.84. The van der Waals surface area contributed by atoms with Crippen molar-refractivity contribution >= 4 is 17.7 Å². The zero-order valence-corrected chi connectivity index (χ0v) is 11.2. The molecule has 0 aliphatic carbocycles. The molecular formula is C17H16N2O.